The zero-order chi connectivity index (χ0) is 16.1. The van der Waals surface area contributed by atoms with E-state index < -0.39 is 0 Å². The maximum atomic E-state index is 5.82. The van der Waals surface area contributed by atoms with Gasteiger partial charge in [0.15, 0.2) is 0 Å². The highest BCUT2D eigenvalue weighted by molar-refractivity contribution is 9.10. The van der Waals surface area contributed by atoms with E-state index in [1.54, 1.807) is 7.11 Å². The van der Waals surface area contributed by atoms with Crippen LogP contribution in [0.25, 0.3) is 11.1 Å². The van der Waals surface area contributed by atoms with Gasteiger partial charge < -0.3 is 9.47 Å². The zero-order valence-corrected chi connectivity index (χ0v) is 14.4. The summed E-state index contributed by atoms with van der Waals surface area (Å²) >= 11 is 3.52. The van der Waals surface area contributed by atoms with Crippen LogP contribution in [-0.2, 0) is 6.61 Å². The third kappa shape index (κ3) is 3.74. The molecule has 0 spiro atoms. The Morgan fingerprint density at radius 3 is 2.26 bits per heavy atom. The van der Waals surface area contributed by atoms with Gasteiger partial charge in [-0.15, -0.1) is 0 Å². The smallest absolute Gasteiger partial charge is 0.140 e. The number of para-hydroxylation sites is 1. The number of benzene rings is 3. The van der Waals surface area contributed by atoms with Gasteiger partial charge in [0.25, 0.3) is 0 Å². The third-order valence-electron chi connectivity index (χ3n) is 3.58. The fourth-order valence-corrected chi connectivity index (χ4v) is 2.94. The Labute approximate surface area is 144 Å². The van der Waals surface area contributed by atoms with Gasteiger partial charge in [0.2, 0.25) is 0 Å². The fourth-order valence-electron chi connectivity index (χ4n) is 2.42. The van der Waals surface area contributed by atoms with E-state index in [9.17, 15) is 0 Å². The molecule has 0 saturated heterocycles. The molecule has 0 heterocycles. The van der Waals surface area contributed by atoms with Gasteiger partial charge in [0.1, 0.15) is 18.1 Å². The molecule has 0 aliphatic heterocycles. The van der Waals surface area contributed by atoms with Crippen molar-refractivity contribution in [1.29, 1.82) is 0 Å². The minimum Gasteiger partial charge on any atom is -0.495 e. The first-order chi connectivity index (χ1) is 11.3. The van der Waals surface area contributed by atoms with E-state index in [4.69, 9.17) is 9.47 Å². The highest BCUT2D eigenvalue weighted by Crippen LogP contribution is 2.36. The SMILES string of the molecule is COc1c(Br)cccc1-c1ccc(OCc2ccccc2)cc1. The molecule has 0 saturated carbocycles. The maximum Gasteiger partial charge on any atom is 0.140 e. The van der Waals surface area contributed by atoms with E-state index in [1.165, 1.54) is 0 Å². The predicted octanol–water partition coefficient (Wildman–Crippen LogP) is 5.70. The summed E-state index contributed by atoms with van der Waals surface area (Å²) in [7, 11) is 1.68. The van der Waals surface area contributed by atoms with Crippen LogP contribution in [0, 0.1) is 0 Å². The zero-order valence-electron chi connectivity index (χ0n) is 12.8. The summed E-state index contributed by atoms with van der Waals surface area (Å²) in [4.78, 5) is 0. The Balaban J connectivity index is 1.76. The van der Waals surface area contributed by atoms with Crippen molar-refractivity contribution >= 4 is 15.9 Å². The molecule has 0 unspecified atom stereocenters. The molecule has 0 amide bonds. The van der Waals surface area contributed by atoms with E-state index in [-0.39, 0.29) is 0 Å². The van der Waals surface area contributed by atoms with Crippen molar-refractivity contribution in [3.63, 3.8) is 0 Å². The Hall–Kier alpha value is -2.26. The van der Waals surface area contributed by atoms with Crippen LogP contribution >= 0.6 is 15.9 Å². The van der Waals surface area contributed by atoms with Crippen LogP contribution in [0.4, 0.5) is 0 Å². The minimum absolute atomic E-state index is 0.570. The lowest BCUT2D eigenvalue weighted by atomic mass is 10.0. The molecular weight excluding hydrogens is 352 g/mol. The van der Waals surface area contributed by atoms with Gasteiger partial charge in [-0.1, -0.05) is 54.6 Å². The van der Waals surface area contributed by atoms with Crippen molar-refractivity contribution < 1.29 is 9.47 Å². The van der Waals surface area contributed by atoms with Crippen LogP contribution in [0.1, 0.15) is 5.56 Å². The Morgan fingerprint density at radius 2 is 1.57 bits per heavy atom. The van der Waals surface area contributed by atoms with E-state index in [0.717, 1.165) is 32.7 Å². The van der Waals surface area contributed by atoms with Gasteiger partial charge in [-0.25, -0.2) is 0 Å². The number of methoxy groups -OCH3 is 1. The molecule has 0 atom stereocenters. The quantitative estimate of drug-likeness (QED) is 0.574. The Bertz CT molecular complexity index is 767. The summed E-state index contributed by atoms with van der Waals surface area (Å²) in [6, 6.07) is 24.2. The van der Waals surface area contributed by atoms with Crippen molar-refractivity contribution in [1.82, 2.24) is 0 Å². The number of rotatable bonds is 5. The molecule has 0 aliphatic carbocycles. The van der Waals surface area contributed by atoms with E-state index in [0.29, 0.717) is 6.61 Å². The summed E-state index contributed by atoms with van der Waals surface area (Å²) in [6.07, 6.45) is 0. The van der Waals surface area contributed by atoms with Crippen LogP contribution < -0.4 is 9.47 Å². The van der Waals surface area contributed by atoms with Crippen molar-refractivity contribution in [3.8, 4) is 22.6 Å². The van der Waals surface area contributed by atoms with Crippen molar-refractivity contribution in [3.05, 3.63) is 82.8 Å². The number of hydrogen-bond donors (Lipinski definition) is 0. The molecule has 116 valence electrons. The summed E-state index contributed by atoms with van der Waals surface area (Å²) in [6.45, 7) is 0.570. The molecule has 23 heavy (non-hydrogen) atoms. The molecule has 3 aromatic rings. The van der Waals surface area contributed by atoms with Gasteiger partial charge in [-0.05, 0) is 45.3 Å². The Kier molecular flexibility index (Phi) is 4.99. The van der Waals surface area contributed by atoms with Gasteiger partial charge in [0.05, 0.1) is 11.6 Å². The molecule has 0 aromatic heterocycles. The molecule has 0 aliphatic rings. The second-order valence-electron chi connectivity index (χ2n) is 5.12. The van der Waals surface area contributed by atoms with Crippen molar-refractivity contribution in [2.75, 3.05) is 7.11 Å². The van der Waals surface area contributed by atoms with Crippen LogP contribution in [-0.4, -0.2) is 7.11 Å². The molecule has 2 nitrogen and oxygen atoms in total. The summed E-state index contributed by atoms with van der Waals surface area (Å²) in [5.74, 6) is 1.69. The first-order valence-corrected chi connectivity index (χ1v) is 8.17. The number of halogens is 1. The molecule has 0 fully saturated rings. The van der Waals surface area contributed by atoms with E-state index in [1.807, 2.05) is 60.7 Å². The first kappa shape index (κ1) is 15.6. The van der Waals surface area contributed by atoms with Crippen molar-refractivity contribution in [2.45, 2.75) is 6.61 Å². The summed E-state index contributed by atoms with van der Waals surface area (Å²) in [5.41, 5.74) is 3.30. The molecular formula is C20H17BrO2. The van der Waals surface area contributed by atoms with Crippen LogP contribution in [0.2, 0.25) is 0 Å². The molecule has 3 heteroatoms. The van der Waals surface area contributed by atoms with Crippen LogP contribution in [0.3, 0.4) is 0 Å². The van der Waals surface area contributed by atoms with Gasteiger partial charge >= 0.3 is 0 Å². The van der Waals surface area contributed by atoms with Gasteiger partial charge in [0, 0.05) is 5.56 Å². The van der Waals surface area contributed by atoms with Crippen LogP contribution in [0.15, 0.2) is 77.3 Å². The third-order valence-corrected chi connectivity index (χ3v) is 4.21. The Morgan fingerprint density at radius 1 is 0.826 bits per heavy atom. The van der Waals surface area contributed by atoms with E-state index >= 15 is 0 Å². The first-order valence-electron chi connectivity index (χ1n) is 7.37. The second-order valence-corrected chi connectivity index (χ2v) is 5.97. The average molecular weight is 369 g/mol. The predicted molar refractivity (Wildman–Crippen MR) is 96.9 cm³/mol. The normalized spacial score (nSPS) is 10.3. The molecule has 0 radical (unpaired) electrons. The topological polar surface area (TPSA) is 18.5 Å². The lowest BCUT2D eigenvalue weighted by Crippen LogP contribution is -1.95. The van der Waals surface area contributed by atoms with Crippen LogP contribution in [0.5, 0.6) is 11.5 Å². The maximum absolute atomic E-state index is 5.82. The van der Waals surface area contributed by atoms with Crippen molar-refractivity contribution in [2.24, 2.45) is 0 Å². The number of hydrogen-bond acceptors (Lipinski definition) is 2. The largest absolute Gasteiger partial charge is 0.495 e. The standard InChI is InChI=1S/C20H17BrO2/c1-22-20-18(8-5-9-19(20)21)16-10-12-17(13-11-16)23-14-15-6-3-2-4-7-15/h2-13H,14H2,1H3. The highest BCUT2D eigenvalue weighted by Gasteiger charge is 2.09. The summed E-state index contributed by atoms with van der Waals surface area (Å²) in [5, 5.41) is 0. The number of ether oxygens (including phenoxy) is 2. The minimum atomic E-state index is 0.570. The van der Waals surface area contributed by atoms with E-state index in [2.05, 4.69) is 28.1 Å². The molecule has 3 rings (SSSR count). The van der Waals surface area contributed by atoms with Gasteiger partial charge in [-0.2, -0.15) is 0 Å². The monoisotopic (exact) mass is 368 g/mol. The lowest BCUT2D eigenvalue weighted by Gasteiger charge is -2.11. The fraction of sp³-hybridized carbons (Fsp3) is 0.100. The highest BCUT2D eigenvalue weighted by atomic mass is 79.9. The second kappa shape index (κ2) is 7.34. The summed E-state index contributed by atoms with van der Waals surface area (Å²) < 4.78 is 12.3. The lowest BCUT2D eigenvalue weighted by molar-refractivity contribution is 0.306. The molecule has 0 bridgehead atoms. The molecule has 0 N–H and O–H groups in total. The average Bonchev–Trinajstić information content (AvgIpc) is 2.61. The molecule has 3 aromatic carbocycles. The van der Waals surface area contributed by atoms with Gasteiger partial charge in [-0.3, -0.25) is 0 Å².